The molecule has 0 spiro atoms. The molecule has 0 unspecified atom stereocenters. The summed E-state index contributed by atoms with van der Waals surface area (Å²) in [5, 5.41) is 22.6. The Balaban J connectivity index is 1.54. The van der Waals surface area contributed by atoms with Crippen molar-refractivity contribution < 1.29 is 9.53 Å². The van der Waals surface area contributed by atoms with Crippen molar-refractivity contribution in [3.05, 3.63) is 76.4 Å². The molecule has 4 rings (SSSR count). The maximum Gasteiger partial charge on any atom is 0.268 e. The second-order valence-electron chi connectivity index (χ2n) is 8.13. The monoisotopic (exact) mass is 471 g/mol. The van der Waals surface area contributed by atoms with Crippen LogP contribution in [-0.4, -0.2) is 27.3 Å². The fourth-order valence-corrected chi connectivity index (χ4v) is 4.28. The Morgan fingerprint density at radius 1 is 1.21 bits per heavy atom. The quantitative estimate of drug-likeness (QED) is 0.269. The number of carbonyl (C=O) groups excluding carboxylic acids is 1. The van der Waals surface area contributed by atoms with Crippen molar-refractivity contribution in [3.63, 3.8) is 0 Å². The number of amides is 1. The average Bonchev–Trinajstić information content (AvgIpc) is 3.44. The van der Waals surface area contributed by atoms with E-state index in [0.717, 1.165) is 32.8 Å². The molecule has 34 heavy (non-hydrogen) atoms. The third-order valence-corrected chi connectivity index (χ3v) is 6.46. The second-order valence-corrected chi connectivity index (χ2v) is 9.14. The number of fused-ring (bicyclic) bond motifs is 1. The van der Waals surface area contributed by atoms with E-state index < -0.39 is 5.91 Å². The summed E-state index contributed by atoms with van der Waals surface area (Å²) in [6.07, 6.45) is 3.55. The van der Waals surface area contributed by atoms with Crippen LogP contribution in [0.1, 0.15) is 35.9 Å². The van der Waals surface area contributed by atoms with Gasteiger partial charge in [0.05, 0.1) is 6.54 Å². The highest BCUT2D eigenvalue weighted by atomic mass is 32.1. The number of nitrogens with one attached hydrogen (secondary N) is 1. The van der Waals surface area contributed by atoms with Gasteiger partial charge < -0.3 is 9.30 Å². The number of benzene rings is 2. The molecule has 0 aliphatic heterocycles. The maximum atomic E-state index is 12.7. The van der Waals surface area contributed by atoms with Crippen LogP contribution in [0, 0.1) is 18.3 Å². The Morgan fingerprint density at radius 2 is 1.97 bits per heavy atom. The Kier molecular flexibility index (Phi) is 7.04. The Bertz CT molecular complexity index is 1390. The number of aromatic nitrogens is 3. The number of nitrogens with zero attached hydrogens (tertiary/aromatic N) is 4. The van der Waals surface area contributed by atoms with Gasteiger partial charge in [0.2, 0.25) is 5.13 Å². The topological polar surface area (TPSA) is 92.8 Å². The lowest BCUT2D eigenvalue weighted by Gasteiger charge is -2.10. The zero-order valence-corrected chi connectivity index (χ0v) is 20.1. The molecular formula is C26H25N5O2S. The first-order valence-electron chi connectivity index (χ1n) is 11.0. The molecule has 0 fully saturated rings. The number of aryl methyl sites for hydroxylation is 1. The predicted octanol–water partition coefficient (Wildman–Crippen LogP) is 5.55. The number of carbonyl (C=O) groups is 1. The summed E-state index contributed by atoms with van der Waals surface area (Å²) in [6, 6.07) is 17.8. The van der Waals surface area contributed by atoms with Crippen molar-refractivity contribution in [2.75, 3.05) is 11.9 Å². The normalized spacial score (nSPS) is 11.6. The molecule has 0 saturated heterocycles. The number of anilines is 1. The molecule has 4 aromatic rings. The minimum absolute atomic E-state index is 0.000334. The van der Waals surface area contributed by atoms with Crippen LogP contribution in [0.15, 0.2) is 60.3 Å². The van der Waals surface area contributed by atoms with Crippen LogP contribution in [0.4, 0.5) is 5.13 Å². The molecule has 0 bridgehead atoms. The molecule has 0 aliphatic carbocycles. The van der Waals surface area contributed by atoms with Crippen LogP contribution < -0.4 is 10.1 Å². The molecule has 8 heteroatoms. The van der Waals surface area contributed by atoms with Gasteiger partial charge in [-0.25, -0.2) is 0 Å². The first-order valence-corrected chi connectivity index (χ1v) is 11.8. The number of para-hydroxylation sites is 2. The molecule has 2 aromatic heterocycles. The molecular weight excluding hydrogens is 446 g/mol. The zero-order chi connectivity index (χ0) is 24.1. The smallest absolute Gasteiger partial charge is 0.268 e. The second kappa shape index (κ2) is 10.3. The van der Waals surface area contributed by atoms with E-state index in [2.05, 4.69) is 20.1 Å². The van der Waals surface area contributed by atoms with E-state index in [1.807, 2.05) is 81.6 Å². The van der Waals surface area contributed by atoms with Crippen LogP contribution in [0.25, 0.3) is 17.0 Å². The highest BCUT2D eigenvalue weighted by molar-refractivity contribution is 7.15. The molecule has 0 aliphatic rings. The number of rotatable bonds is 8. The van der Waals surface area contributed by atoms with E-state index in [-0.39, 0.29) is 11.5 Å². The first-order chi connectivity index (χ1) is 16.5. The Hall–Kier alpha value is -3.96. The lowest BCUT2D eigenvalue weighted by Crippen LogP contribution is -2.13. The Labute approximate surface area is 202 Å². The number of hydrogen-bond donors (Lipinski definition) is 1. The van der Waals surface area contributed by atoms with E-state index >= 15 is 0 Å². The van der Waals surface area contributed by atoms with Gasteiger partial charge in [0.1, 0.15) is 29.0 Å². The first kappa shape index (κ1) is 23.2. The summed E-state index contributed by atoms with van der Waals surface area (Å²) < 4.78 is 8.04. The van der Waals surface area contributed by atoms with Gasteiger partial charge in [0.25, 0.3) is 5.91 Å². The fraction of sp³-hybridized carbons (Fsp3) is 0.231. The third kappa shape index (κ3) is 5.16. The van der Waals surface area contributed by atoms with Crippen molar-refractivity contribution in [2.45, 2.75) is 33.2 Å². The third-order valence-electron chi connectivity index (χ3n) is 5.32. The summed E-state index contributed by atoms with van der Waals surface area (Å²) in [5.74, 6) is 0.573. The molecule has 1 amide bonds. The predicted molar refractivity (Wildman–Crippen MR) is 135 cm³/mol. The molecule has 172 valence electrons. The zero-order valence-electron chi connectivity index (χ0n) is 19.3. The maximum absolute atomic E-state index is 12.7. The molecule has 0 saturated carbocycles. The van der Waals surface area contributed by atoms with E-state index in [9.17, 15) is 10.1 Å². The summed E-state index contributed by atoms with van der Waals surface area (Å²) in [5.41, 5.74) is 2.88. The van der Waals surface area contributed by atoms with Gasteiger partial charge in [-0.2, -0.15) is 5.26 Å². The van der Waals surface area contributed by atoms with Crippen LogP contribution >= 0.6 is 11.3 Å². The van der Waals surface area contributed by atoms with Crippen molar-refractivity contribution in [1.82, 2.24) is 14.8 Å². The van der Waals surface area contributed by atoms with Gasteiger partial charge in [-0.3, -0.25) is 10.1 Å². The van der Waals surface area contributed by atoms with E-state index in [1.165, 1.54) is 11.3 Å². The minimum Gasteiger partial charge on any atom is -0.491 e. The van der Waals surface area contributed by atoms with Crippen LogP contribution in [0.3, 0.4) is 0 Å². The van der Waals surface area contributed by atoms with Gasteiger partial charge in [-0.05, 0) is 30.7 Å². The lowest BCUT2D eigenvalue weighted by molar-refractivity contribution is -0.112. The van der Waals surface area contributed by atoms with Crippen molar-refractivity contribution >= 4 is 39.4 Å². The average molecular weight is 472 g/mol. The number of nitriles is 1. The standard InChI is InChI=1S/C26H25N5O2S/c1-17(2)25-29-30-26(34-25)28-24(32)19(15-27)14-20-16-31(22-10-6-5-9-21(20)22)12-13-33-23-11-7-4-8-18(23)3/h4-11,14,16-17H,12-13H2,1-3H3,(H,28,30,32)/b19-14-. The molecule has 7 nitrogen and oxygen atoms in total. The van der Waals surface area contributed by atoms with E-state index in [1.54, 1.807) is 6.08 Å². The van der Waals surface area contributed by atoms with Crippen molar-refractivity contribution in [1.29, 1.82) is 5.26 Å². The number of hydrogen-bond acceptors (Lipinski definition) is 6. The van der Waals surface area contributed by atoms with Crippen LogP contribution in [-0.2, 0) is 11.3 Å². The highest BCUT2D eigenvalue weighted by Crippen LogP contribution is 2.26. The molecule has 0 atom stereocenters. The van der Waals surface area contributed by atoms with Gasteiger partial charge in [-0.1, -0.05) is 61.6 Å². The SMILES string of the molecule is Cc1ccccc1OCCn1cc(/C=C(/C#N)C(=O)Nc2nnc(C(C)C)s2)c2ccccc21. The van der Waals surface area contributed by atoms with Crippen LogP contribution in [0.2, 0.25) is 0 Å². The molecule has 0 radical (unpaired) electrons. The number of ether oxygens (including phenoxy) is 1. The lowest BCUT2D eigenvalue weighted by atomic mass is 10.1. The Morgan fingerprint density at radius 3 is 2.71 bits per heavy atom. The van der Waals surface area contributed by atoms with E-state index in [4.69, 9.17) is 4.74 Å². The minimum atomic E-state index is -0.506. The van der Waals surface area contributed by atoms with Crippen molar-refractivity contribution in [3.8, 4) is 11.8 Å². The summed E-state index contributed by atoms with van der Waals surface area (Å²) in [7, 11) is 0. The van der Waals surface area contributed by atoms with Crippen LogP contribution in [0.5, 0.6) is 5.75 Å². The van der Waals surface area contributed by atoms with Crippen molar-refractivity contribution in [2.24, 2.45) is 0 Å². The molecule has 1 N–H and O–H groups in total. The summed E-state index contributed by atoms with van der Waals surface area (Å²) in [4.78, 5) is 12.7. The fourth-order valence-electron chi connectivity index (χ4n) is 3.53. The summed E-state index contributed by atoms with van der Waals surface area (Å²) >= 11 is 1.31. The van der Waals surface area contributed by atoms with E-state index in [0.29, 0.717) is 18.3 Å². The summed E-state index contributed by atoms with van der Waals surface area (Å²) in [6.45, 7) is 7.15. The van der Waals surface area contributed by atoms with Gasteiger partial charge in [0.15, 0.2) is 0 Å². The largest absolute Gasteiger partial charge is 0.491 e. The molecule has 2 aromatic carbocycles. The highest BCUT2D eigenvalue weighted by Gasteiger charge is 2.15. The van der Waals surface area contributed by atoms with Gasteiger partial charge >= 0.3 is 0 Å². The molecule has 2 heterocycles. The van der Waals surface area contributed by atoms with Gasteiger partial charge in [0, 0.05) is 28.6 Å². The van der Waals surface area contributed by atoms with Gasteiger partial charge in [-0.15, -0.1) is 10.2 Å².